The van der Waals surface area contributed by atoms with Crippen LogP contribution in [0.25, 0.3) is 0 Å². The van der Waals surface area contributed by atoms with Crippen molar-refractivity contribution in [3.63, 3.8) is 0 Å². The highest BCUT2D eigenvalue weighted by molar-refractivity contribution is 6.30. The molecule has 3 aromatic rings. The summed E-state index contributed by atoms with van der Waals surface area (Å²) < 4.78 is 0. The third-order valence-electron chi connectivity index (χ3n) is 7.14. The molecule has 0 aromatic heterocycles. The first-order chi connectivity index (χ1) is 18.6. The van der Waals surface area contributed by atoms with E-state index in [2.05, 4.69) is 11.4 Å². The Bertz CT molecular complexity index is 1190. The average Bonchev–Trinajstić information content (AvgIpc) is 2.96. The van der Waals surface area contributed by atoms with Gasteiger partial charge in [0.25, 0.3) is 0 Å². The Morgan fingerprint density at radius 2 is 1.50 bits per heavy atom. The summed E-state index contributed by atoms with van der Waals surface area (Å²) in [5.74, 6) is -0.137. The molecule has 2 amide bonds. The molecule has 0 spiro atoms. The summed E-state index contributed by atoms with van der Waals surface area (Å²) in [5, 5.41) is 3.80. The average molecular weight is 529 g/mol. The Morgan fingerprint density at radius 1 is 0.816 bits per heavy atom. The van der Waals surface area contributed by atoms with Crippen LogP contribution < -0.4 is 5.32 Å². The lowest BCUT2D eigenvalue weighted by Crippen LogP contribution is -2.50. The Kier molecular flexibility index (Phi) is 10.6. The highest BCUT2D eigenvalue weighted by Gasteiger charge is 2.30. The molecule has 0 fully saturated rings. The molecule has 0 aliphatic heterocycles. The summed E-state index contributed by atoms with van der Waals surface area (Å²) in [4.78, 5) is 29.2. The maximum Gasteiger partial charge on any atom is 0.243 e. The molecule has 1 atom stereocenters. The van der Waals surface area contributed by atoms with E-state index in [4.69, 9.17) is 11.6 Å². The first kappa shape index (κ1) is 27.7. The van der Waals surface area contributed by atoms with Crippen molar-refractivity contribution in [3.05, 3.63) is 118 Å². The molecule has 0 unspecified atom stereocenters. The van der Waals surface area contributed by atoms with Gasteiger partial charge in [-0.05, 0) is 67.3 Å². The van der Waals surface area contributed by atoms with Crippen LogP contribution in [-0.2, 0) is 29.0 Å². The van der Waals surface area contributed by atoms with E-state index in [1.165, 1.54) is 18.4 Å². The summed E-state index contributed by atoms with van der Waals surface area (Å²) in [6.45, 7) is 0.934. The summed E-state index contributed by atoms with van der Waals surface area (Å²) in [6, 6.07) is 26.8. The van der Waals surface area contributed by atoms with E-state index in [1.807, 2.05) is 84.9 Å². The fourth-order valence-electron chi connectivity index (χ4n) is 4.98. The van der Waals surface area contributed by atoms with Gasteiger partial charge in [-0.15, -0.1) is 0 Å². The Balaban J connectivity index is 1.55. The van der Waals surface area contributed by atoms with Crippen molar-refractivity contribution in [1.29, 1.82) is 0 Å². The number of allylic oxidation sites excluding steroid dienone is 1. The fourth-order valence-corrected chi connectivity index (χ4v) is 5.10. The van der Waals surface area contributed by atoms with Crippen LogP contribution in [0.3, 0.4) is 0 Å². The van der Waals surface area contributed by atoms with Crippen LogP contribution in [0.15, 0.2) is 96.6 Å². The summed E-state index contributed by atoms with van der Waals surface area (Å²) in [5.41, 5.74) is 4.51. The van der Waals surface area contributed by atoms with Crippen molar-refractivity contribution in [2.75, 3.05) is 6.54 Å². The maximum absolute atomic E-state index is 13.8. The highest BCUT2D eigenvalue weighted by Crippen LogP contribution is 2.21. The number of nitrogens with zero attached hydrogens (tertiary/aromatic N) is 1. The van der Waals surface area contributed by atoms with Crippen molar-refractivity contribution < 1.29 is 9.59 Å². The molecular formula is C33H37ClN2O2. The molecular weight excluding hydrogens is 492 g/mol. The Hall–Kier alpha value is -3.37. The molecule has 0 saturated carbocycles. The zero-order valence-electron chi connectivity index (χ0n) is 22.0. The topological polar surface area (TPSA) is 49.4 Å². The molecule has 0 bridgehead atoms. The summed E-state index contributed by atoms with van der Waals surface area (Å²) in [7, 11) is 0. The summed E-state index contributed by atoms with van der Waals surface area (Å²) >= 11 is 6.12. The van der Waals surface area contributed by atoms with Crippen molar-refractivity contribution in [1.82, 2.24) is 10.2 Å². The summed E-state index contributed by atoms with van der Waals surface area (Å²) in [6.07, 6.45) is 9.32. The first-order valence-electron chi connectivity index (χ1n) is 13.7. The monoisotopic (exact) mass is 528 g/mol. The van der Waals surface area contributed by atoms with Crippen LogP contribution in [0.5, 0.6) is 0 Å². The number of carbonyl (C=O) groups excluding carboxylic acids is 2. The van der Waals surface area contributed by atoms with Gasteiger partial charge in [0.05, 0.1) is 0 Å². The maximum atomic E-state index is 13.8. The van der Waals surface area contributed by atoms with Gasteiger partial charge in [-0.1, -0.05) is 96.0 Å². The van der Waals surface area contributed by atoms with Crippen LogP contribution >= 0.6 is 11.6 Å². The van der Waals surface area contributed by atoms with Crippen LogP contribution in [0.2, 0.25) is 5.02 Å². The third-order valence-corrected chi connectivity index (χ3v) is 7.39. The van der Waals surface area contributed by atoms with Gasteiger partial charge in [0.1, 0.15) is 6.04 Å². The minimum absolute atomic E-state index is 0.0325. The number of nitrogens with one attached hydrogen (secondary N) is 1. The van der Waals surface area contributed by atoms with Gasteiger partial charge in [-0.2, -0.15) is 0 Å². The molecule has 4 nitrogen and oxygen atoms in total. The number of benzene rings is 3. The SMILES string of the molecule is O=C(NCCC1=CCCCC1)[C@@H](Cc1ccccc1)N(Cc1ccc(Cl)cc1)C(=O)CCc1ccccc1. The molecule has 0 radical (unpaired) electrons. The second-order valence-corrected chi connectivity index (χ2v) is 10.4. The number of hydrogen-bond acceptors (Lipinski definition) is 2. The molecule has 1 aliphatic carbocycles. The molecule has 38 heavy (non-hydrogen) atoms. The number of rotatable bonds is 12. The zero-order chi connectivity index (χ0) is 26.6. The third kappa shape index (κ3) is 8.59. The highest BCUT2D eigenvalue weighted by atomic mass is 35.5. The van der Waals surface area contributed by atoms with E-state index >= 15 is 0 Å². The lowest BCUT2D eigenvalue weighted by Gasteiger charge is -2.32. The lowest BCUT2D eigenvalue weighted by atomic mass is 9.97. The second-order valence-electron chi connectivity index (χ2n) is 9.99. The number of halogens is 1. The molecule has 3 aromatic carbocycles. The number of aryl methyl sites for hydroxylation is 1. The predicted octanol–water partition coefficient (Wildman–Crippen LogP) is 6.92. The van der Waals surface area contributed by atoms with Gasteiger partial charge in [0, 0.05) is 31.0 Å². The molecule has 1 N–H and O–H groups in total. The smallest absolute Gasteiger partial charge is 0.243 e. The number of hydrogen-bond donors (Lipinski definition) is 1. The zero-order valence-corrected chi connectivity index (χ0v) is 22.7. The van der Waals surface area contributed by atoms with E-state index in [0.717, 1.165) is 36.0 Å². The molecule has 0 heterocycles. The number of amides is 2. The quantitative estimate of drug-likeness (QED) is 0.259. The number of carbonyl (C=O) groups is 2. The lowest BCUT2D eigenvalue weighted by molar-refractivity contribution is -0.141. The van der Waals surface area contributed by atoms with Gasteiger partial charge in [0.2, 0.25) is 11.8 Å². The molecule has 5 heteroatoms. The minimum Gasteiger partial charge on any atom is -0.354 e. The fraction of sp³-hybridized carbons (Fsp3) is 0.333. The molecule has 0 saturated heterocycles. The van der Waals surface area contributed by atoms with Gasteiger partial charge < -0.3 is 10.2 Å². The Morgan fingerprint density at radius 3 is 2.16 bits per heavy atom. The largest absolute Gasteiger partial charge is 0.354 e. The molecule has 1 aliphatic rings. The second kappa shape index (κ2) is 14.5. The van der Waals surface area contributed by atoms with Crippen LogP contribution in [0, 0.1) is 0 Å². The van der Waals surface area contributed by atoms with E-state index in [1.54, 1.807) is 4.90 Å². The van der Waals surface area contributed by atoms with E-state index in [-0.39, 0.29) is 11.8 Å². The van der Waals surface area contributed by atoms with E-state index in [0.29, 0.717) is 37.4 Å². The standard InChI is InChI=1S/C33H37ClN2O2/c34-30-19-16-29(17-20-30)25-36(32(37)21-18-26-10-4-1-5-11-26)31(24-28-14-8-3-9-15-28)33(38)35-23-22-27-12-6-2-7-13-27/h1,3-5,8-12,14-17,19-20,31H,2,6-7,13,18,21-25H2,(H,35,38)/t31-/m1/s1. The Labute approximate surface area is 231 Å². The van der Waals surface area contributed by atoms with Crippen LogP contribution in [0.1, 0.15) is 55.2 Å². The van der Waals surface area contributed by atoms with Crippen LogP contribution in [-0.4, -0.2) is 29.3 Å². The predicted molar refractivity (Wildman–Crippen MR) is 155 cm³/mol. The van der Waals surface area contributed by atoms with E-state index in [9.17, 15) is 9.59 Å². The minimum atomic E-state index is -0.614. The van der Waals surface area contributed by atoms with Crippen molar-refractivity contribution in [3.8, 4) is 0 Å². The van der Waals surface area contributed by atoms with Crippen molar-refractivity contribution in [2.45, 2.75) is 64.0 Å². The molecule has 198 valence electrons. The van der Waals surface area contributed by atoms with Gasteiger partial charge in [-0.25, -0.2) is 0 Å². The van der Waals surface area contributed by atoms with Gasteiger partial charge >= 0.3 is 0 Å². The normalized spacial score (nSPS) is 13.9. The van der Waals surface area contributed by atoms with Crippen molar-refractivity contribution in [2.24, 2.45) is 0 Å². The first-order valence-corrected chi connectivity index (χ1v) is 14.0. The van der Waals surface area contributed by atoms with Crippen molar-refractivity contribution >= 4 is 23.4 Å². The van der Waals surface area contributed by atoms with Crippen LogP contribution in [0.4, 0.5) is 0 Å². The van der Waals surface area contributed by atoms with Gasteiger partial charge in [-0.3, -0.25) is 9.59 Å². The van der Waals surface area contributed by atoms with E-state index < -0.39 is 6.04 Å². The molecule has 4 rings (SSSR count). The van der Waals surface area contributed by atoms with Gasteiger partial charge in [0.15, 0.2) is 0 Å².